The van der Waals surface area contributed by atoms with Crippen molar-refractivity contribution >= 4 is 0 Å². The van der Waals surface area contributed by atoms with Crippen LogP contribution in [0.1, 0.15) is 96.8 Å². The van der Waals surface area contributed by atoms with E-state index in [0.717, 1.165) is 61.9 Å². The van der Waals surface area contributed by atoms with E-state index in [0.29, 0.717) is 31.2 Å². The van der Waals surface area contributed by atoms with Gasteiger partial charge >= 0.3 is 0 Å². The molecule has 3 aliphatic carbocycles. The van der Waals surface area contributed by atoms with E-state index in [1.807, 2.05) is 0 Å². The summed E-state index contributed by atoms with van der Waals surface area (Å²) in [4.78, 5) is 0. The second-order valence-electron chi connectivity index (χ2n) is 13.0. The fourth-order valence-corrected chi connectivity index (χ4v) is 8.30. The minimum atomic E-state index is -0.968. The standard InChI is InChI=1S/C34H50F2O3/c1-3-23-5-9-25(10-6-23)26-13-15-27(16-14-26)29-17-18-30(39-22-29)28-11-7-24(8-12-28)21-38-32-20-19-31(37-4-2)33(35)34(32)36/h3,19-20,23-30H,1,4-18,21-22H2,2H3. The van der Waals surface area contributed by atoms with Gasteiger partial charge in [-0.25, -0.2) is 0 Å². The second-order valence-corrected chi connectivity index (χ2v) is 13.0. The Morgan fingerprint density at radius 2 is 1.23 bits per heavy atom. The van der Waals surface area contributed by atoms with Gasteiger partial charge in [0.25, 0.3) is 0 Å². The molecule has 1 aromatic carbocycles. The van der Waals surface area contributed by atoms with Crippen LogP contribution in [0.25, 0.3) is 0 Å². The van der Waals surface area contributed by atoms with Gasteiger partial charge in [0.2, 0.25) is 11.6 Å². The number of rotatable bonds is 9. The lowest BCUT2D eigenvalue weighted by molar-refractivity contribution is -0.0756. The third kappa shape index (κ3) is 7.18. The predicted octanol–water partition coefficient (Wildman–Crippen LogP) is 9.14. The fraction of sp³-hybridized carbons (Fsp3) is 0.765. The van der Waals surface area contributed by atoms with E-state index in [-0.39, 0.29) is 11.5 Å². The Labute approximate surface area is 235 Å². The van der Waals surface area contributed by atoms with Crippen LogP contribution in [0.5, 0.6) is 11.5 Å². The van der Waals surface area contributed by atoms with Gasteiger partial charge in [0.1, 0.15) is 0 Å². The average molecular weight is 545 g/mol. The lowest BCUT2D eigenvalue weighted by Gasteiger charge is -2.43. The van der Waals surface area contributed by atoms with Gasteiger partial charge < -0.3 is 14.2 Å². The first-order valence-electron chi connectivity index (χ1n) is 16.0. The third-order valence-corrected chi connectivity index (χ3v) is 10.8. The summed E-state index contributed by atoms with van der Waals surface area (Å²) in [6, 6.07) is 2.92. The van der Waals surface area contributed by atoms with Crippen molar-refractivity contribution in [3.8, 4) is 11.5 Å². The molecule has 3 saturated carbocycles. The third-order valence-electron chi connectivity index (χ3n) is 10.8. The highest BCUT2D eigenvalue weighted by Gasteiger charge is 2.37. The maximum Gasteiger partial charge on any atom is 0.204 e. The molecule has 2 atom stereocenters. The maximum atomic E-state index is 14.3. The van der Waals surface area contributed by atoms with Crippen LogP contribution < -0.4 is 9.47 Å². The Kier molecular flexibility index (Phi) is 10.2. The second kappa shape index (κ2) is 13.8. The van der Waals surface area contributed by atoms with Crippen LogP contribution in [0.4, 0.5) is 8.78 Å². The zero-order valence-electron chi connectivity index (χ0n) is 24.1. The van der Waals surface area contributed by atoms with Gasteiger partial charge in [0.05, 0.1) is 25.9 Å². The van der Waals surface area contributed by atoms with Crippen LogP contribution in [-0.2, 0) is 4.74 Å². The molecule has 1 aromatic rings. The van der Waals surface area contributed by atoms with Crippen molar-refractivity contribution in [2.24, 2.45) is 41.4 Å². The van der Waals surface area contributed by atoms with Gasteiger partial charge in [-0.3, -0.25) is 0 Å². The summed E-state index contributed by atoms with van der Waals surface area (Å²) in [5.41, 5.74) is 0. The molecule has 2 unspecified atom stereocenters. The summed E-state index contributed by atoms with van der Waals surface area (Å²) in [7, 11) is 0. The van der Waals surface area contributed by atoms with E-state index in [4.69, 9.17) is 14.2 Å². The van der Waals surface area contributed by atoms with E-state index in [2.05, 4.69) is 12.7 Å². The number of allylic oxidation sites excluding steroid dienone is 1. The smallest absolute Gasteiger partial charge is 0.204 e. The van der Waals surface area contributed by atoms with E-state index in [9.17, 15) is 8.78 Å². The Hall–Kier alpha value is -1.62. The lowest BCUT2D eigenvalue weighted by atomic mass is 9.66. The Morgan fingerprint density at radius 1 is 0.718 bits per heavy atom. The van der Waals surface area contributed by atoms with Crippen LogP contribution >= 0.6 is 0 Å². The molecule has 218 valence electrons. The van der Waals surface area contributed by atoms with Gasteiger partial charge in [-0.1, -0.05) is 6.08 Å². The quantitative estimate of drug-likeness (QED) is 0.290. The molecule has 0 amide bonds. The van der Waals surface area contributed by atoms with Crippen LogP contribution in [0.3, 0.4) is 0 Å². The topological polar surface area (TPSA) is 27.7 Å². The monoisotopic (exact) mass is 544 g/mol. The predicted molar refractivity (Wildman–Crippen MR) is 152 cm³/mol. The summed E-state index contributed by atoms with van der Waals surface area (Å²) >= 11 is 0. The van der Waals surface area contributed by atoms with Crippen molar-refractivity contribution < 1.29 is 23.0 Å². The minimum Gasteiger partial charge on any atom is -0.491 e. The largest absolute Gasteiger partial charge is 0.491 e. The molecule has 1 heterocycles. The van der Waals surface area contributed by atoms with Gasteiger partial charge in [0.15, 0.2) is 11.5 Å². The first kappa shape index (κ1) is 28.9. The Balaban J connectivity index is 0.987. The zero-order valence-corrected chi connectivity index (χ0v) is 24.1. The Morgan fingerprint density at radius 3 is 1.77 bits per heavy atom. The van der Waals surface area contributed by atoms with Crippen LogP contribution in [-0.4, -0.2) is 25.9 Å². The molecule has 1 aliphatic heterocycles. The van der Waals surface area contributed by atoms with E-state index in [1.54, 1.807) is 6.92 Å². The lowest BCUT2D eigenvalue weighted by Crippen LogP contribution is -2.38. The molecule has 5 heteroatoms. The molecule has 0 bridgehead atoms. The van der Waals surface area contributed by atoms with Crippen molar-refractivity contribution in [2.45, 2.75) is 103 Å². The normalized spacial score (nSPS) is 35.8. The number of benzene rings is 1. The van der Waals surface area contributed by atoms with Crippen LogP contribution in [0.2, 0.25) is 0 Å². The molecular weight excluding hydrogens is 494 g/mol. The van der Waals surface area contributed by atoms with Gasteiger partial charge in [-0.15, -0.1) is 6.58 Å². The van der Waals surface area contributed by atoms with E-state index >= 15 is 0 Å². The highest BCUT2D eigenvalue weighted by Crippen LogP contribution is 2.45. The van der Waals surface area contributed by atoms with Crippen molar-refractivity contribution in [3.63, 3.8) is 0 Å². The SMILES string of the molecule is C=CC1CCC(C2CCC(C3CCC(C4CCC(COc5ccc(OCC)c(F)c5F)CC4)OC3)CC2)CC1. The highest BCUT2D eigenvalue weighted by molar-refractivity contribution is 5.35. The molecule has 39 heavy (non-hydrogen) atoms. The summed E-state index contributed by atoms with van der Waals surface area (Å²) in [5.74, 6) is 3.34. The summed E-state index contributed by atoms with van der Waals surface area (Å²) in [6.45, 7) is 7.44. The van der Waals surface area contributed by atoms with Crippen molar-refractivity contribution in [1.29, 1.82) is 0 Å². The molecule has 1 saturated heterocycles. The van der Waals surface area contributed by atoms with Crippen molar-refractivity contribution in [3.05, 3.63) is 36.4 Å². The molecule has 0 spiro atoms. The molecular formula is C34H50F2O3. The number of ether oxygens (including phenoxy) is 3. The summed E-state index contributed by atoms with van der Waals surface area (Å²) in [6.07, 6.45) is 20.8. The number of hydrogen-bond acceptors (Lipinski definition) is 3. The minimum absolute atomic E-state index is 0.0196. The first-order valence-corrected chi connectivity index (χ1v) is 16.0. The highest BCUT2D eigenvalue weighted by atomic mass is 19.2. The summed E-state index contributed by atoms with van der Waals surface area (Å²) < 4.78 is 45.8. The van der Waals surface area contributed by atoms with Crippen LogP contribution in [0, 0.1) is 53.1 Å². The maximum absolute atomic E-state index is 14.3. The molecule has 0 radical (unpaired) electrons. The van der Waals surface area contributed by atoms with Crippen LogP contribution in [0.15, 0.2) is 24.8 Å². The molecule has 0 N–H and O–H groups in total. The zero-order chi connectivity index (χ0) is 27.2. The molecule has 5 rings (SSSR count). The molecule has 0 aromatic heterocycles. The molecule has 3 nitrogen and oxygen atoms in total. The van der Waals surface area contributed by atoms with Gasteiger partial charge in [0, 0.05) is 0 Å². The molecule has 4 fully saturated rings. The average Bonchev–Trinajstić information content (AvgIpc) is 3.00. The molecule has 4 aliphatic rings. The van der Waals surface area contributed by atoms with Gasteiger partial charge in [-0.05, 0) is 150 Å². The van der Waals surface area contributed by atoms with Gasteiger partial charge in [-0.2, -0.15) is 8.78 Å². The Bertz CT molecular complexity index is 903. The number of halogens is 2. The summed E-state index contributed by atoms with van der Waals surface area (Å²) in [5, 5.41) is 0. The fourth-order valence-electron chi connectivity index (χ4n) is 8.30. The van der Waals surface area contributed by atoms with Crippen molar-refractivity contribution in [2.75, 3.05) is 19.8 Å². The van der Waals surface area contributed by atoms with Crippen molar-refractivity contribution in [1.82, 2.24) is 0 Å². The van der Waals surface area contributed by atoms with E-state index in [1.165, 1.54) is 76.3 Å². The first-order chi connectivity index (χ1) is 19.1. The van der Waals surface area contributed by atoms with E-state index < -0.39 is 11.6 Å². The number of hydrogen-bond donors (Lipinski definition) is 0.